The van der Waals surface area contributed by atoms with E-state index in [9.17, 15) is 0 Å². The molecule has 2 aliphatic heterocycles. The Kier molecular flexibility index (Phi) is 3.92. The number of anilines is 2. The van der Waals surface area contributed by atoms with Crippen LogP contribution in [0.25, 0.3) is 11.5 Å². The van der Waals surface area contributed by atoms with Gasteiger partial charge in [0.1, 0.15) is 5.37 Å². The Labute approximate surface area is 138 Å². The third-order valence-corrected chi connectivity index (χ3v) is 5.13. The molecule has 1 fully saturated rings. The number of piperidine rings is 1. The summed E-state index contributed by atoms with van der Waals surface area (Å²) in [6, 6.07) is 7.78. The van der Waals surface area contributed by atoms with E-state index in [1.807, 2.05) is 24.3 Å². The molecule has 23 heavy (non-hydrogen) atoms. The molecule has 2 aromatic rings. The fourth-order valence-corrected chi connectivity index (χ4v) is 3.80. The number of hydrazone groups is 1. The van der Waals surface area contributed by atoms with Gasteiger partial charge in [0.2, 0.25) is 5.89 Å². The summed E-state index contributed by atoms with van der Waals surface area (Å²) in [5.41, 5.74) is 10.2. The molecule has 1 atom stereocenters. The summed E-state index contributed by atoms with van der Waals surface area (Å²) in [4.78, 5) is 0. The number of rotatable bonds is 3. The lowest BCUT2D eigenvalue weighted by atomic mass is 9.98. The number of thioether (sulfide) groups is 1. The summed E-state index contributed by atoms with van der Waals surface area (Å²) in [7, 11) is 0. The maximum Gasteiger partial charge on any atom is 0.340 e. The second-order valence-electron chi connectivity index (χ2n) is 5.64. The van der Waals surface area contributed by atoms with Crippen LogP contribution >= 0.6 is 11.8 Å². The van der Waals surface area contributed by atoms with E-state index in [4.69, 9.17) is 10.2 Å². The Hall–Kier alpha value is -2.06. The molecule has 4 rings (SSSR count). The summed E-state index contributed by atoms with van der Waals surface area (Å²) in [5.74, 6) is 1.00. The van der Waals surface area contributed by atoms with Gasteiger partial charge in [0.05, 0.1) is 0 Å². The minimum atomic E-state index is 0.178. The molecule has 3 heterocycles. The van der Waals surface area contributed by atoms with E-state index in [1.165, 1.54) is 0 Å². The van der Waals surface area contributed by atoms with Crippen molar-refractivity contribution in [3.05, 3.63) is 24.3 Å². The summed E-state index contributed by atoms with van der Waals surface area (Å²) >= 11 is 1.60. The molecule has 0 saturated carbocycles. The molecule has 1 saturated heterocycles. The number of nitrogens with one attached hydrogen (secondary N) is 1. The third kappa shape index (κ3) is 2.91. The highest BCUT2D eigenvalue weighted by Crippen LogP contribution is 2.36. The average Bonchev–Trinajstić information content (AvgIpc) is 3.25. The summed E-state index contributed by atoms with van der Waals surface area (Å²) < 4.78 is 5.81. The minimum absolute atomic E-state index is 0.178. The molecule has 7 nitrogen and oxygen atoms in total. The first-order valence-electron chi connectivity index (χ1n) is 7.62. The zero-order valence-corrected chi connectivity index (χ0v) is 13.3. The van der Waals surface area contributed by atoms with Crippen LogP contribution in [0.5, 0.6) is 0 Å². The smallest absolute Gasteiger partial charge is 0.340 e. The highest BCUT2D eigenvalue weighted by Gasteiger charge is 2.35. The van der Waals surface area contributed by atoms with Crippen molar-refractivity contribution in [2.24, 2.45) is 11.0 Å². The van der Waals surface area contributed by atoms with E-state index >= 15 is 0 Å². The van der Waals surface area contributed by atoms with E-state index in [0.29, 0.717) is 23.5 Å². The van der Waals surface area contributed by atoms with E-state index < -0.39 is 0 Å². The standard InChI is InChI=1S/C15H17N6OS/c16-12-3-1-10(2-4-12)13-19-20-15(22-13)21-14(23-9-18-21)11-5-7-17-8-6-11/h1-4,11,14,17H,5-8,16H2. The van der Waals surface area contributed by atoms with Gasteiger partial charge in [-0.15, -0.1) is 5.10 Å². The number of nitrogens with zero attached hydrogens (tertiary/aromatic N) is 4. The van der Waals surface area contributed by atoms with Gasteiger partial charge in [0, 0.05) is 11.3 Å². The number of aromatic nitrogens is 2. The lowest BCUT2D eigenvalue weighted by Crippen LogP contribution is -2.38. The van der Waals surface area contributed by atoms with Crippen LogP contribution in [0.2, 0.25) is 0 Å². The van der Waals surface area contributed by atoms with Gasteiger partial charge in [-0.05, 0) is 56.1 Å². The fourth-order valence-electron chi connectivity index (χ4n) is 2.86. The SMILES string of the molecule is Nc1ccc(-c2nnc(N3N=[C]SC3C3CCNCC3)o2)cc1. The van der Waals surface area contributed by atoms with Gasteiger partial charge in [-0.25, -0.2) is 5.01 Å². The van der Waals surface area contributed by atoms with Gasteiger partial charge in [-0.2, -0.15) is 5.10 Å². The van der Waals surface area contributed by atoms with Crippen molar-refractivity contribution in [2.45, 2.75) is 18.2 Å². The Bertz CT molecular complexity index is 694. The predicted octanol–water partition coefficient (Wildman–Crippen LogP) is 2.02. The molecule has 1 unspecified atom stereocenters. The van der Waals surface area contributed by atoms with Crippen molar-refractivity contribution in [3.63, 3.8) is 0 Å². The molecular formula is C15H17N6OS. The average molecular weight is 329 g/mol. The Balaban J connectivity index is 1.55. The quantitative estimate of drug-likeness (QED) is 0.832. The van der Waals surface area contributed by atoms with Gasteiger partial charge in [0.25, 0.3) is 0 Å². The minimum Gasteiger partial charge on any atom is -0.402 e. The van der Waals surface area contributed by atoms with Crippen LogP contribution in [0, 0.1) is 5.92 Å². The maximum absolute atomic E-state index is 5.81. The molecule has 0 spiro atoms. The van der Waals surface area contributed by atoms with E-state index in [1.54, 1.807) is 16.8 Å². The third-order valence-electron chi connectivity index (χ3n) is 4.12. The normalized spacial score (nSPS) is 21.9. The van der Waals surface area contributed by atoms with Crippen LogP contribution in [0.15, 0.2) is 33.8 Å². The maximum atomic E-state index is 5.81. The number of hydrogen-bond donors (Lipinski definition) is 2. The molecule has 2 aliphatic rings. The summed E-state index contributed by atoms with van der Waals surface area (Å²) in [5, 5.41) is 17.9. The molecule has 8 heteroatoms. The van der Waals surface area contributed by atoms with Crippen LogP contribution in [-0.4, -0.2) is 34.2 Å². The van der Waals surface area contributed by atoms with Crippen LogP contribution in [0.4, 0.5) is 11.7 Å². The van der Waals surface area contributed by atoms with Crippen LogP contribution in [0.1, 0.15) is 12.8 Å². The number of hydrogen-bond acceptors (Lipinski definition) is 8. The summed E-state index contributed by atoms with van der Waals surface area (Å²) in [6.45, 7) is 2.08. The Morgan fingerprint density at radius 1 is 1.22 bits per heavy atom. The lowest BCUT2D eigenvalue weighted by molar-refractivity contribution is 0.353. The van der Waals surface area contributed by atoms with Crippen LogP contribution < -0.4 is 16.1 Å². The molecule has 0 amide bonds. The van der Waals surface area contributed by atoms with Crippen molar-refractivity contribution in [3.8, 4) is 11.5 Å². The number of nitrogens with two attached hydrogens (primary N) is 1. The molecule has 0 aliphatic carbocycles. The highest BCUT2D eigenvalue weighted by atomic mass is 32.2. The van der Waals surface area contributed by atoms with Gasteiger partial charge in [-0.3, -0.25) is 0 Å². The molecule has 1 radical (unpaired) electrons. The van der Waals surface area contributed by atoms with E-state index in [2.05, 4.69) is 26.2 Å². The molecule has 1 aromatic carbocycles. The number of nitrogen functional groups attached to an aromatic ring is 1. The highest BCUT2D eigenvalue weighted by molar-refractivity contribution is 8.13. The number of benzene rings is 1. The van der Waals surface area contributed by atoms with Crippen molar-refractivity contribution < 1.29 is 4.42 Å². The second-order valence-corrected chi connectivity index (χ2v) is 6.54. The Morgan fingerprint density at radius 2 is 2.00 bits per heavy atom. The van der Waals surface area contributed by atoms with Gasteiger partial charge >= 0.3 is 6.01 Å². The lowest BCUT2D eigenvalue weighted by Gasteiger charge is -2.30. The van der Waals surface area contributed by atoms with Crippen LogP contribution in [0.3, 0.4) is 0 Å². The summed E-state index contributed by atoms with van der Waals surface area (Å²) in [6.07, 6.45) is 2.23. The van der Waals surface area contributed by atoms with Crippen LogP contribution in [-0.2, 0) is 0 Å². The first kappa shape index (κ1) is 14.5. The molecule has 1 aromatic heterocycles. The molecule has 3 N–H and O–H groups in total. The monoisotopic (exact) mass is 329 g/mol. The van der Waals surface area contributed by atoms with Crippen molar-refractivity contribution >= 4 is 29.0 Å². The fraction of sp³-hybridized carbons (Fsp3) is 0.400. The predicted molar refractivity (Wildman–Crippen MR) is 91.0 cm³/mol. The first-order valence-corrected chi connectivity index (χ1v) is 8.50. The zero-order chi connectivity index (χ0) is 15.6. The first-order chi connectivity index (χ1) is 11.3. The molecule has 0 bridgehead atoms. The zero-order valence-electron chi connectivity index (χ0n) is 12.5. The second kappa shape index (κ2) is 6.21. The van der Waals surface area contributed by atoms with E-state index in [0.717, 1.165) is 31.5 Å². The molecule has 119 valence electrons. The van der Waals surface area contributed by atoms with Crippen molar-refractivity contribution in [2.75, 3.05) is 23.8 Å². The largest absolute Gasteiger partial charge is 0.402 e. The molecular weight excluding hydrogens is 312 g/mol. The van der Waals surface area contributed by atoms with Gasteiger partial charge in [0.15, 0.2) is 5.55 Å². The van der Waals surface area contributed by atoms with Gasteiger partial charge < -0.3 is 15.5 Å². The Morgan fingerprint density at radius 3 is 2.78 bits per heavy atom. The van der Waals surface area contributed by atoms with Crippen molar-refractivity contribution in [1.29, 1.82) is 0 Å². The van der Waals surface area contributed by atoms with Crippen molar-refractivity contribution in [1.82, 2.24) is 15.5 Å². The van der Waals surface area contributed by atoms with Gasteiger partial charge in [-0.1, -0.05) is 16.9 Å². The topological polar surface area (TPSA) is 92.6 Å². The van der Waals surface area contributed by atoms with E-state index in [-0.39, 0.29) is 5.37 Å².